The lowest BCUT2D eigenvalue weighted by molar-refractivity contribution is 0.209. The molecule has 0 bridgehead atoms. The Kier molecular flexibility index (Phi) is 2.78. The average molecular weight is 205 g/mol. The van der Waals surface area contributed by atoms with E-state index in [0.29, 0.717) is 4.90 Å². The Hall–Kier alpha value is -0.940. The first-order valence-corrected chi connectivity index (χ1v) is 3.74. The zero-order chi connectivity index (χ0) is 9.14. The van der Waals surface area contributed by atoms with E-state index in [4.69, 9.17) is 17.3 Å². The molecule has 0 unspecified atom stereocenters. The van der Waals surface area contributed by atoms with E-state index >= 15 is 0 Å². The van der Waals surface area contributed by atoms with Gasteiger partial charge in [0, 0.05) is 11.1 Å². The number of hydrogen-bond acceptors (Lipinski definition) is 4. The first kappa shape index (κ1) is 9.15. The Balaban J connectivity index is 3.00. The van der Waals surface area contributed by atoms with Crippen molar-refractivity contribution in [3.8, 4) is 5.88 Å². The topological polar surface area (TPSA) is 65.2 Å². The summed E-state index contributed by atoms with van der Waals surface area (Å²) < 4.78 is 4.47. The predicted molar refractivity (Wildman–Crippen MR) is 46.7 cm³/mol. The maximum Gasteiger partial charge on any atom is 0.411 e. The third-order valence-corrected chi connectivity index (χ3v) is 1.90. The summed E-state index contributed by atoms with van der Waals surface area (Å²) in [6.45, 7) is 0. The maximum absolute atomic E-state index is 10.3. The van der Waals surface area contributed by atoms with E-state index in [1.165, 1.54) is 6.20 Å². The van der Waals surface area contributed by atoms with Crippen LogP contribution in [0.15, 0.2) is 17.2 Å². The van der Waals surface area contributed by atoms with Crippen LogP contribution >= 0.6 is 24.2 Å². The van der Waals surface area contributed by atoms with Crippen LogP contribution in [0.2, 0.25) is 5.02 Å². The molecule has 0 saturated carbocycles. The summed E-state index contributed by atoms with van der Waals surface area (Å²) >= 11 is 9.65. The fourth-order valence-corrected chi connectivity index (χ4v) is 0.894. The van der Waals surface area contributed by atoms with Gasteiger partial charge in [-0.25, -0.2) is 9.78 Å². The summed E-state index contributed by atoms with van der Waals surface area (Å²) in [6, 6.07) is 1.57. The van der Waals surface area contributed by atoms with Crippen molar-refractivity contribution in [3.05, 3.63) is 17.3 Å². The van der Waals surface area contributed by atoms with Crippen LogP contribution in [0.3, 0.4) is 0 Å². The van der Waals surface area contributed by atoms with Crippen molar-refractivity contribution < 1.29 is 9.53 Å². The Morgan fingerprint density at radius 3 is 3.00 bits per heavy atom. The van der Waals surface area contributed by atoms with Crippen LogP contribution < -0.4 is 10.5 Å². The van der Waals surface area contributed by atoms with Crippen LogP contribution in [-0.4, -0.2) is 11.1 Å². The number of rotatable bonds is 1. The molecule has 0 aliphatic carbocycles. The van der Waals surface area contributed by atoms with Gasteiger partial charge in [-0.3, -0.25) is 0 Å². The van der Waals surface area contributed by atoms with E-state index in [1.807, 2.05) is 0 Å². The zero-order valence-corrected chi connectivity index (χ0v) is 7.47. The van der Waals surface area contributed by atoms with Crippen molar-refractivity contribution in [2.75, 3.05) is 0 Å². The summed E-state index contributed by atoms with van der Waals surface area (Å²) in [5, 5.41) is 0.166. The van der Waals surface area contributed by atoms with Gasteiger partial charge < -0.3 is 10.5 Å². The Bertz CT molecular complexity index is 318. The minimum Gasteiger partial charge on any atom is -0.390 e. The molecule has 1 aromatic heterocycles. The van der Waals surface area contributed by atoms with Crippen LogP contribution in [-0.2, 0) is 0 Å². The van der Waals surface area contributed by atoms with Crippen molar-refractivity contribution >= 4 is 30.3 Å². The summed E-state index contributed by atoms with van der Waals surface area (Å²) in [5.74, 6) is -0.0309. The van der Waals surface area contributed by atoms with Gasteiger partial charge >= 0.3 is 6.09 Å². The van der Waals surface area contributed by atoms with Crippen LogP contribution in [0.25, 0.3) is 0 Å². The van der Waals surface area contributed by atoms with Crippen molar-refractivity contribution in [2.45, 2.75) is 4.90 Å². The summed E-state index contributed by atoms with van der Waals surface area (Å²) in [6.07, 6.45) is 0.454. The molecule has 0 aliphatic heterocycles. The number of carbonyl (C=O) groups is 1. The maximum atomic E-state index is 10.3. The van der Waals surface area contributed by atoms with Crippen LogP contribution in [0, 0.1) is 0 Å². The highest BCUT2D eigenvalue weighted by Gasteiger charge is 2.08. The number of hydrogen-bond donors (Lipinski definition) is 2. The molecule has 0 fully saturated rings. The number of amides is 1. The summed E-state index contributed by atoms with van der Waals surface area (Å²) in [4.78, 5) is 14.5. The number of halogens is 1. The van der Waals surface area contributed by atoms with E-state index < -0.39 is 6.09 Å². The van der Waals surface area contributed by atoms with Gasteiger partial charge in [-0.1, -0.05) is 11.6 Å². The second-order valence-corrected chi connectivity index (χ2v) is 2.73. The molecule has 12 heavy (non-hydrogen) atoms. The van der Waals surface area contributed by atoms with Crippen LogP contribution in [0.4, 0.5) is 4.79 Å². The average Bonchev–Trinajstić information content (AvgIpc) is 1.98. The number of pyridine rings is 1. The number of ether oxygens (including phenoxy) is 1. The second-order valence-electron chi connectivity index (χ2n) is 1.87. The van der Waals surface area contributed by atoms with E-state index in [9.17, 15) is 4.79 Å². The van der Waals surface area contributed by atoms with Crippen molar-refractivity contribution in [3.63, 3.8) is 0 Å². The number of nitrogens with two attached hydrogens (primary N) is 1. The molecule has 6 heteroatoms. The van der Waals surface area contributed by atoms with Crippen molar-refractivity contribution in [1.82, 2.24) is 4.98 Å². The highest BCUT2D eigenvalue weighted by molar-refractivity contribution is 7.80. The van der Waals surface area contributed by atoms with Gasteiger partial charge in [0.15, 0.2) is 0 Å². The lowest BCUT2D eigenvalue weighted by Gasteiger charge is -2.02. The van der Waals surface area contributed by atoms with Crippen molar-refractivity contribution in [1.29, 1.82) is 0 Å². The summed E-state index contributed by atoms with van der Waals surface area (Å²) in [5.41, 5.74) is 4.76. The molecule has 0 aliphatic rings. The molecule has 0 radical (unpaired) electrons. The molecule has 0 atom stereocenters. The second kappa shape index (κ2) is 3.64. The molecule has 1 heterocycles. The number of aromatic nitrogens is 1. The van der Waals surface area contributed by atoms with E-state index in [1.54, 1.807) is 6.07 Å². The fourth-order valence-electron chi connectivity index (χ4n) is 0.581. The number of primary amides is 1. The summed E-state index contributed by atoms with van der Waals surface area (Å²) in [7, 11) is 0. The minimum absolute atomic E-state index is 0.0309. The molecule has 64 valence electrons. The number of thiol groups is 1. The first-order valence-electron chi connectivity index (χ1n) is 2.92. The van der Waals surface area contributed by atoms with E-state index in [0.717, 1.165) is 0 Å². The van der Waals surface area contributed by atoms with Gasteiger partial charge in [-0.15, -0.1) is 12.6 Å². The normalized spacial score (nSPS) is 9.50. The van der Waals surface area contributed by atoms with Gasteiger partial charge in [0.05, 0.1) is 0 Å². The Labute approximate surface area is 79.1 Å². The lowest BCUT2D eigenvalue weighted by atomic mass is 10.5. The number of carbonyl (C=O) groups excluding carboxylic acids is 1. The van der Waals surface area contributed by atoms with E-state index in [-0.39, 0.29) is 10.9 Å². The third kappa shape index (κ3) is 2.02. The largest absolute Gasteiger partial charge is 0.411 e. The predicted octanol–water partition coefficient (Wildman–Crippen LogP) is 1.48. The molecule has 4 nitrogen and oxygen atoms in total. The molecule has 1 amide bonds. The molecule has 2 N–H and O–H groups in total. The van der Waals surface area contributed by atoms with Gasteiger partial charge in [-0.05, 0) is 6.07 Å². The lowest BCUT2D eigenvalue weighted by Crippen LogP contribution is -2.17. The first-order chi connectivity index (χ1) is 5.61. The van der Waals surface area contributed by atoms with E-state index in [2.05, 4.69) is 22.3 Å². The fraction of sp³-hybridized carbons (Fsp3) is 0. The SMILES string of the molecule is NC(=O)Oc1nccc(S)c1Cl. The molecular weight excluding hydrogens is 200 g/mol. The molecule has 0 spiro atoms. The van der Waals surface area contributed by atoms with Gasteiger partial charge in [0.25, 0.3) is 0 Å². The quantitative estimate of drug-likeness (QED) is 0.681. The van der Waals surface area contributed by atoms with Crippen LogP contribution in [0.1, 0.15) is 0 Å². The third-order valence-electron chi connectivity index (χ3n) is 1.03. The highest BCUT2D eigenvalue weighted by Crippen LogP contribution is 2.27. The zero-order valence-electron chi connectivity index (χ0n) is 5.82. The van der Waals surface area contributed by atoms with Gasteiger partial charge in [0.2, 0.25) is 5.88 Å². The van der Waals surface area contributed by atoms with Gasteiger partial charge in [-0.2, -0.15) is 0 Å². The highest BCUT2D eigenvalue weighted by atomic mass is 35.5. The molecular formula is C6H5ClN2O2S. The number of nitrogens with zero attached hydrogens (tertiary/aromatic N) is 1. The van der Waals surface area contributed by atoms with Crippen molar-refractivity contribution in [2.24, 2.45) is 5.73 Å². The standard InChI is InChI=1S/C6H5ClN2O2S/c7-4-3(12)1-2-9-5(4)11-6(8)10/h1-2H,(H2,8,10)(H,9,12). The smallest absolute Gasteiger partial charge is 0.390 e. The Morgan fingerprint density at radius 1 is 1.75 bits per heavy atom. The molecule has 0 aromatic carbocycles. The molecule has 1 rings (SSSR count). The van der Waals surface area contributed by atoms with Crippen LogP contribution in [0.5, 0.6) is 5.88 Å². The monoisotopic (exact) mass is 204 g/mol. The molecule has 1 aromatic rings. The molecule has 0 saturated heterocycles. The minimum atomic E-state index is -0.955. The van der Waals surface area contributed by atoms with Gasteiger partial charge in [0.1, 0.15) is 5.02 Å². The Morgan fingerprint density at radius 2 is 2.42 bits per heavy atom.